The van der Waals surface area contributed by atoms with Crippen molar-refractivity contribution in [2.75, 3.05) is 39.3 Å². The molecule has 0 aliphatic heterocycles. The SMILES string of the molecule is O=C([O-])CN(CCN(CC(=O)[O-])CC(=O)[O-])CC(=O)[O-].O=S(=O)([O-])[O-].[Fe+2].[Na+].[Na+].[Na+].[Na+]. The van der Waals surface area contributed by atoms with E-state index in [2.05, 4.69) is 0 Å². The zero-order valence-corrected chi connectivity index (χ0v) is 26.7. The van der Waals surface area contributed by atoms with Crippen LogP contribution in [0.15, 0.2) is 0 Å². The van der Waals surface area contributed by atoms with Crippen molar-refractivity contribution < 1.29 is 192 Å². The van der Waals surface area contributed by atoms with Crippen molar-refractivity contribution in [1.29, 1.82) is 0 Å². The molecule has 0 fully saturated rings. The van der Waals surface area contributed by atoms with Crippen LogP contribution >= 0.6 is 0 Å². The fraction of sp³-hybridized carbons (Fsp3) is 0.600. The molecule has 152 valence electrons. The molecule has 0 rings (SSSR count). The van der Waals surface area contributed by atoms with Gasteiger partial charge in [-0.15, -0.1) is 0 Å². The van der Waals surface area contributed by atoms with Gasteiger partial charge in [0.15, 0.2) is 0 Å². The molecule has 30 heavy (non-hydrogen) atoms. The van der Waals surface area contributed by atoms with Gasteiger partial charge in [-0.3, -0.25) is 18.2 Å². The Morgan fingerprint density at radius 2 is 0.700 bits per heavy atom. The van der Waals surface area contributed by atoms with Crippen molar-refractivity contribution in [2.45, 2.75) is 0 Å². The number of hydrogen-bond donors (Lipinski definition) is 0. The molecular weight excluding hydrogens is 520 g/mol. The number of carboxylic acid groups (broad SMARTS) is 4. The molecule has 0 aromatic rings. The van der Waals surface area contributed by atoms with E-state index >= 15 is 0 Å². The van der Waals surface area contributed by atoms with Gasteiger partial charge in [-0.25, -0.2) is 0 Å². The van der Waals surface area contributed by atoms with Gasteiger partial charge in [0.05, 0.1) is 23.9 Å². The van der Waals surface area contributed by atoms with Gasteiger partial charge >= 0.3 is 135 Å². The summed E-state index contributed by atoms with van der Waals surface area (Å²) >= 11 is 0. The second-order valence-electron chi connectivity index (χ2n) is 4.32. The van der Waals surface area contributed by atoms with Gasteiger partial charge < -0.3 is 48.7 Å². The Hall–Kier alpha value is 2.19. The predicted molar refractivity (Wildman–Crippen MR) is 63.4 cm³/mol. The third kappa shape index (κ3) is 47.8. The number of hydrogen-bond acceptors (Lipinski definition) is 14. The number of carbonyl (C=O) groups excluding carboxylic acids is 4. The average Bonchev–Trinajstić information content (AvgIpc) is 2.30. The van der Waals surface area contributed by atoms with E-state index in [1.807, 2.05) is 0 Å². The fourth-order valence-electron chi connectivity index (χ4n) is 1.44. The Balaban J connectivity index is -0.0000000948. The third-order valence-electron chi connectivity index (χ3n) is 2.14. The Morgan fingerprint density at radius 1 is 0.567 bits per heavy atom. The van der Waals surface area contributed by atoms with Crippen molar-refractivity contribution in [3.05, 3.63) is 0 Å². The van der Waals surface area contributed by atoms with Crippen LogP contribution in [-0.2, 0) is 46.6 Å². The van der Waals surface area contributed by atoms with Crippen LogP contribution < -0.4 is 139 Å². The minimum absolute atomic E-state index is 0. The van der Waals surface area contributed by atoms with Crippen LogP contribution in [0, 0.1) is 0 Å². The number of carbonyl (C=O) groups is 4. The summed E-state index contributed by atoms with van der Waals surface area (Å²) in [7, 11) is -5.17. The van der Waals surface area contributed by atoms with E-state index < -0.39 is 60.5 Å². The summed E-state index contributed by atoms with van der Waals surface area (Å²) < 4.78 is 34.1. The molecule has 0 aromatic carbocycles. The Morgan fingerprint density at radius 3 is 0.800 bits per heavy atom. The quantitative estimate of drug-likeness (QED) is 0.136. The first kappa shape index (κ1) is 49.4. The third-order valence-corrected chi connectivity index (χ3v) is 2.14. The number of nitrogens with zero attached hydrogens (tertiary/aromatic N) is 2. The Bertz CT molecular complexity index is 522. The van der Waals surface area contributed by atoms with Crippen LogP contribution in [0.2, 0.25) is 0 Å². The van der Waals surface area contributed by atoms with Crippen molar-refractivity contribution in [1.82, 2.24) is 9.80 Å². The van der Waals surface area contributed by atoms with Gasteiger partial charge in [0.25, 0.3) is 0 Å². The first-order chi connectivity index (χ1) is 11.2. The van der Waals surface area contributed by atoms with E-state index in [4.69, 9.17) is 17.5 Å². The fourth-order valence-corrected chi connectivity index (χ4v) is 1.44. The van der Waals surface area contributed by atoms with Crippen molar-refractivity contribution >= 4 is 34.3 Å². The Kier molecular flexibility index (Phi) is 45.1. The van der Waals surface area contributed by atoms with Crippen LogP contribution in [0.3, 0.4) is 0 Å². The molecule has 0 aliphatic rings. The number of rotatable bonds is 11. The second kappa shape index (κ2) is 27.4. The van der Waals surface area contributed by atoms with Gasteiger partial charge in [0.1, 0.15) is 0 Å². The van der Waals surface area contributed by atoms with Crippen LogP contribution in [-0.4, -0.2) is 90.5 Å². The molecule has 0 aliphatic carbocycles. The zero-order chi connectivity index (χ0) is 20.2. The topological polar surface area (TPSA) is 247 Å². The predicted octanol–water partition coefficient (Wildman–Crippen LogP) is -20.7. The maximum absolute atomic E-state index is 10.4. The standard InChI is InChI=1S/C10H16N2O8.Fe.4Na.H2O4S/c13-7(14)3-11(4-8(15)16)1-2-12(5-9(17)18)6-10(19)20;;;;;;1-5(2,3)4/h1-6H2,(H,13,14)(H,15,16)(H,17,18)(H,19,20);;;;;;(H2,1,2,3,4)/q;+2;4*+1;/p-6. The van der Waals surface area contributed by atoms with Crippen LogP contribution in [0.1, 0.15) is 0 Å². The minimum Gasteiger partial charge on any atom is -0.759 e. The zero-order valence-electron chi connectivity index (χ0n) is 16.8. The van der Waals surface area contributed by atoms with Crippen LogP contribution in [0.5, 0.6) is 0 Å². The summed E-state index contributed by atoms with van der Waals surface area (Å²) in [6.45, 7) is -3.25. The first-order valence-corrected chi connectivity index (χ1v) is 7.44. The number of aliphatic carboxylic acids is 4. The molecule has 0 saturated carbocycles. The first-order valence-electron chi connectivity index (χ1n) is 6.11. The summed E-state index contributed by atoms with van der Waals surface area (Å²) in [5.41, 5.74) is 0. The largest absolute Gasteiger partial charge is 2.00 e. The molecule has 0 saturated heterocycles. The molecule has 0 heterocycles. The van der Waals surface area contributed by atoms with Gasteiger partial charge in [0.2, 0.25) is 0 Å². The normalized spacial score (nSPS) is 9.07. The van der Waals surface area contributed by atoms with Gasteiger partial charge in [-0.05, 0) is 0 Å². The molecule has 0 N–H and O–H groups in total. The smallest absolute Gasteiger partial charge is 0.759 e. The minimum atomic E-state index is -5.17. The van der Waals surface area contributed by atoms with Crippen molar-refractivity contribution in [2.24, 2.45) is 0 Å². The maximum Gasteiger partial charge on any atom is 2.00 e. The van der Waals surface area contributed by atoms with Crippen molar-refractivity contribution in [3.63, 3.8) is 0 Å². The molecular formula is C10H12FeN2Na4O12S. The van der Waals surface area contributed by atoms with E-state index in [0.717, 1.165) is 9.80 Å². The van der Waals surface area contributed by atoms with Gasteiger partial charge in [-0.2, -0.15) is 0 Å². The number of carboxylic acids is 4. The molecule has 0 radical (unpaired) electrons. The molecule has 0 atom stereocenters. The molecule has 0 amide bonds. The van der Waals surface area contributed by atoms with E-state index in [1.165, 1.54) is 0 Å². The van der Waals surface area contributed by atoms with E-state index in [9.17, 15) is 39.6 Å². The molecule has 14 nitrogen and oxygen atoms in total. The summed E-state index contributed by atoms with van der Waals surface area (Å²) in [5, 5.41) is 41.6. The monoisotopic (exact) mass is 532 g/mol. The van der Waals surface area contributed by atoms with E-state index in [0.29, 0.717) is 0 Å². The van der Waals surface area contributed by atoms with E-state index in [-0.39, 0.29) is 148 Å². The summed E-state index contributed by atoms with van der Waals surface area (Å²) in [5.74, 6) is -6.12. The van der Waals surface area contributed by atoms with E-state index in [1.54, 1.807) is 0 Å². The molecule has 0 unspecified atom stereocenters. The summed E-state index contributed by atoms with van der Waals surface area (Å²) in [6, 6.07) is 0. The van der Waals surface area contributed by atoms with Gasteiger partial charge in [0, 0.05) is 49.7 Å². The molecule has 20 heteroatoms. The van der Waals surface area contributed by atoms with Crippen LogP contribution in [0.25, 0.3) is 0 Å². The van der Waals surface area contributed by atoms with Crippen LogP contribution in [0.4, 0.5) is 0 Å². The molecule has 0 aromatic heterocycles. The molecule has 0 spiro atoms. The maximum atomic E-state index is 10.4. The summed E-state index contributed by atoms with van der Waals surface area (Å²) in [4.78, 5) is 43.4. The van der Waals surface area contributed by atoms with Gasteiger partial charge in [-0.1, -0.05) is 0 Å². The molecule has 0 bridgehead atoms. The Labute approximate surface area is 271 Å². The second-order valence-corrected chi connectivity index (χ2v) is 5.13. The van der Waals surface area contributed by atoms with Crippen molar-refractivity contribution in [3.8, 4) is 0 Å². The average molecular weight is 532 g/mol. The summed E-state index contributed by atoms with van der Waals surface area (Å²) in [6.07, 6.45) is 0.